The number of carbonyl (C=O) groups is 1. The van der Waals surface area contributed by atoms with Crippen LogP contribution in [0.5, 0.6) is 0 Å². The van der Waals surface area contributed by atoms with Crippen LogP contribution in [0.2, 0.25) is 0 Å². The molecule has 5 heteroatoms. The topological polar surface area (TPSA) is 63.1 Å². The first-order valence-electron chi connectivity index (χ1n) is 3.89. The van der Waals surface area contributed by atoms with Crippen LogP contribution >= 0.6 is 11.5 Å². The summed E-state index contributed by atoms with van der Waals surface area (Å²) in [7, 11) is 0. The summed E-state index contributed by atoms with van der Waals surface area (Å²) in [5.74, 6) is -0.959. The Hall–Kier alpha value is -1.75. The Morgan fingerprint density at radius 3 is 3.14 bits per heavy atom. The summed E-state index contributed by atoms with van der Waals surface area (Å²) in [5, 5.41) is 12.4. The molecule has 14 heavy (non-hydrogen) atoms. The maximum Gasteiger partial charge on any atom is 0.328 e. The van der Waals surface area contributed by atoms with Gasteiger partial charge >= 0.3 is 5.97 Å². The molecule has 1 N–H and O–H groups in total. The van der Waals surface area contributed by atoms with Crippen molar-refractivity contribution in [3.8, 4) is 0 Å². The molecule has 0 fully saturated rings. The molecule has 1 aromatic heterocycles. The molecule has 0 bridgehead atoms. The SMILES string of the molecule is O=C(O)C=Cc1cccc2nnsc12. The highest BCUT2D eigenvalue weighted by molar-refractivity contribution is 7.13. The van der Waals surface area contributed by atoms with Gasteiger partial charge in [-0.05, 0) is 29.2 Å². The number of benzene rings is 1. The van der Waals surface area contributed by atoms with Crippen molar-refractivity contribution in [2.24, 2.45) is 0 Å². The van der Waals surface area contributed by atoms with Gasteiger partial charge in [0.05, 0.1) is 4.70 Å². The fourth-order valence-electron chi connectivity index (χ4n) is 1.12. The highest BCUT2D eigenvalue weighted by Crippen LogP contribution is 2.21. The van der Waals surface area contributed by atoms with E-state index in [0.29, 0.717) is 0 Å². The van der Waals surface area contributed by atoms with Crippen molar-refractivity contribution in [3.05, 3.63) is 29.8 Å². The van der Waals surface area contributed by atoms with Crippen molar-refractivity contribution >= 4 is 33.8 Å². The van der Waals surface area contributed by atoms with E-state index in [1.54, 1.807) is 6.08 Å². The predicted molar refractivity (Wildman–Crippen MR) is 54.1 cm³/mol. The van der Waals surface area contributed by atoms with Gasteiger partial charge in [0.1, 0.15) is 5.52 Å². The number of carboxylic acid groups (broad SMARTS) is 1. The molecule has 0 saturated heterocycles. The van der Waals surface area contributed by atoms with Crippen molar-refractivity contribution in [1.29, 1.82) is 0 Å². The number of aliphatic carboxylic acids is 1. The van der Waals surface area contributed by atoms with Crippen molar-refractivity contribution in [2.45, 2.75) is 0 Å². The lowest BCUT2D eigenvalue weighted by Crippen LogP contribution is -1.85. The number of hydrogen-bond donors (Lipinski definition) is 1. The minimum Gasteiger partial charge on any atom is -0.478 e. The molecule has 0 aliphatic heterocycles. The Morgan fingerprint density at radius 2 is 2.36 bits per heavy atom. The maximum absolute atomic E-state index is 10.3. The number of fused-ring (bicyclic) bond motifs is 1. The van der Waals surface area contributed by atoms with Crippen LogP contribution in [0.3, 0.4) is 0 Å². The van der Waals surface area contributed by atoms with Crippen LogP contribution in [0.4, 0.5) is 0 Å². The van der Waals surface area contributed by atoms with Gasteiger partial charge in [0.25, 0.3) is 0 Å². The van der Waals surface area contributed by atoms with Gasteiger partial charge in [-0.3, -0.25) is 0 Å². The van der Waals surface area contributed by atoms with Gasteiger partial charge in [-0.2, -0.15) is 0 Å². The third-order valence-electron chi connectivity index (χ3n) is 1.71. The van der Waals surface area contributed by atoms with Crippen LogP contribution in [0.25, 0.3) is 16.3 Å². The predicted octanol–water partition coefficient (Wildman–Crippen LogP) is 1.79. The molecule has 0 radical (unpaired) electrons. The van der Waals surface area contributed by atoms with Gasteiger partial charge in [0, 0.05) is 6.08 Å². The summed E-state index contributed by atoms with van der Waals surface area (Å²) < 4.78 is 4.71. The third-order valence-corrected chi connectivity index (χ3v) is 2.50. The average Bonchev–Trinajstić information content (AvgIpc) is 2.62. The lowest BCUT2D eigenvalue weighted by atomic mass is 10.2. The van der Waals surface area contributed by atoms with Crippen LogP contribution in [0.1, 0.15) is 5.56 Å². The second-order valence-electron chi connectivity index (χ2n) is 2.64. The summed E-state index contributed by atoms with van der Waals surface area (Å²) in [6.45, 7) is 0. The summed E-state index contributed by atoms with van der Waals surface area (Å²) in [6, 6.07) is 5.50. The fraction of sp³-hybridized carbons (Fsp3) is 0. The van der Waals surface area contributed by atoms with E-state index in [1.165, 1.54) is 11.5 Å². The first-order chi connectivity index (χ1) is 6.77. The molecular weight excluding hydrogens is 200 g/mol. The van der Waals surface area contributed by atoms with Crippen molar-refractivity contribution in [1.82, 2.24) is 9.59 Å². The zero-order chi connectivity index (χ0) is 9.97. The molecular formula is C9H6N2O2S. The van der Waals surface area contributed by atoms with Gasteiger partial charge in [-0.15, -0.1) is 5.10 Å². The Kier molecular flexibility index (Phi) is 2.24. The standard InChI is InChI=1S/C9H6N2O2S/c12-8(13)5-4-6-2-1-3-7-9(6)14-11-10-7/h1-5H,(H,12,13). The molecule has 0 aliphatic rings. The highest BCUT2D eigenvalue weighted by atomic mass is 32.1. The van der Waals surface area contributed by atoms with Crippen molar-refractivity contribution < 1.29 is 9.90 Å². The molecule has 0 atom stereocenters. The molecule has 0 saturated carbocycles. The second-order valence-corrected chi connectivity index (χ2v) is 3.39. The van der Waals surface area contributed by atoms with E-state index < -0.39 is 5.97 Å². The van der Waals surface area contributed by atoms with E-state index in [4.69, 9.17) is 5.11 Å². The Morgan fingerprint density at radius 1 is 1.50 bits per heavy atom. The number of hydrogen-bond acceptors (Lipinski definition) is 4. The van der Waals surface area contributed by atoms with E-state index in [2.05, 4.69) is 9.59 Å². The molecule has 0 spiro atoms. The van der Waals surface area contributed by atoms with Gasteiger partial charge in [0.15, 0.2) is 0 Å². The Balaban J connectivity index is 2.51. The van der Waals surface area contributed by atoms with E-state index in [-0.39, 0.29) is 0 Å². The maximum atomic E-state index is 10.3. The lowest BCUT2D eigenvalue weighted by molar-refractivity contribution is -0.131. The fourth-order valence-corrected chi connectivity index (χ4v) is 1.77. The van der Waals surface area contributed by atoms with Crippen LogP contribution in [-0.4, -0.2) is 20.7 Å². The van der Waals surface area contributed by atoms with Crippen LogP contribution in [0, 0.1) is 0 Å². The molecule has 1 aromatic carbocycles. The van der Waals surface area contributed by atoms with E-state index in [0.717, 1.165) is 21.9 Å². The van der Waals surface area contributed by atoms with Crippen molar-refractivity contribution in [2.75, 3.05) is 0 Å². The largest absolute Gasteiger partial charge is 0.478 e. The monoisotopic (exact) mass is 206 g/mol. The number of rotatable bonds is 2. The first-order valence-corrected chi connectivity index (χ1v) is 4.67. The Labute approximate surface area is 83.7 Å². The highest BCUT2D eigenvalue weighted by Gasteiger charge is 2.01. The third kappa shape index (κ3) is 1.62. The number of carboxylic acids is 1. The number of aromatic nitrogens is 2. The first kappa shape index (κ1) is 8.83. The van der Waals surface area contributed by atoms with Crippen LogP contribution in [-0.2, 0) is 4.79 Å². The van der Waals surface area contributed by atoms with Crippen molar-refractivity contribution in [3.63, 3.8) is 0 Å². The number of nitrogens with zero attached hydrogens (tertiary/aromatic N) is 2. The molecule has 4 nitrogen and oxygen atoms in total. The minimum absolute atomic E-state index is 0.794. The zero-order valence-corrected chi connectivity index (χ0v) is 7.86. The second kappa shape index (κ2) is 3.55. The molecule has 1 heterocycles. The normalized spacial score (nSPS) is 11.1. The van der Waals surface area contributed by atoms with Crippen LogP contribution < -0.4 is 0 Å². The summed E-state index contributed by atoms with van der Waals surface area (Å²) >= 11 is 1.26. The quantitative estimate of drug-likeness (QED) is 0.761. The minimum atomic E-state index is -0.959. The molecule has 0 amide bonds. The lowest BCUT2D eigenvalue weighted by Gasteiger charge is -1.92. The molecule has 0 aliphatic carbocycles. The summed E-state index contributed by atoms with van der Waals surface area (Å²) in [6.07, 6.45) is 2.65. The molecule has 70 valence electrons. The molecule has 2 aromatic rings. The van der Waals surface area contributed by atoms with E-state index >= 15 is 0 Å². The smallest absolute Gasteiger partial charge is 0.328 e. The summed E-state index contributed by atoms with van der Waals surface area (Å²) in [5.41, 5.74) is 1.63. The zero-order valence-electron chi connectivity index (χ0n) is 7.04. The van der Waals surface area contributed by atoms with Gasteiger partial charge < -0.3 is 5.11 Å². The van der Waals surface area contributed by atoms with Crippen LogP contribution in [0.15, 0.2) is 24.3 Å². The van der Waals surface area contributed by atoms with E-state index in [9.17, 15) is 4.79 Å². The molecule has 0 unspecified atom stereocenters. The van der Waals surface area contributed by atoms with Gasteiger partial charge in [-0.1, -0.05) is 16.6 Å². The summed E-state index contributed by atoms with van der Waals surface area (Å²) in [4.78, 5) is 10.3. The molecule has 2 rings (SSSR count). The van der Waals surface area contributed by atoms with Gasteiger partial charge in [0.2, 0.25) is 0 Å². The Bertz CT molecular complexity index is 504. The van der Waals surface area contributed by atoms with Gasteiger partial charge in [-0.25, -0.2) is 4.79 Å². The average molecular weight is 206 g/mol. The van der Waals surface area contributed by atoms with E-state index in [1.807, 2.05) is 18.2 Å².